The molecular weight excluding hydrogens is 220 g/mol. The Bertz CT molecular complexity index is 341. The van der Waals surface area contributed by atoms with Crippen molar-refractivity contribution in [3.63, 3.8) is 0 Å². The summed E-state index contributed by atoms with van der Waals surface area (Å²) in [7, 11) is 6.44. The molecule has 100 valence electrons. The molecule has 18 heavy (non-hydrogen) atoms. The molecule has 0 amide bonds. The molecule has 0 saturated carbocycles. The number of hydrogen-bond acceptors (Lipinski definition) is 2. The molecule has 1 rings (SSSR count). The summed E-state index contributed by atoms with van der Waals surface area (Å²) in [6, 6.07) is 8.68. The van der Waals surface area contributed by atoms with E-state index >= 15 is 0 Å². The molecule has 0 saturated heterocycles. The van der Waals surface area contributed by atoms with Crippen LogP contribution in [0.15, 0.2) is 30.8 Å². The number of nitrogens with zero attached hydrogens (tertiary/aromatic N) is 2. The van der Waals surface area contributed by atoms with Crippen LogP contribution in [0.1, 0.15) is 17.5 Å². The van der Waals surface area contributed by atoms with Crippen LogP contribution in [-0.4, -0.2) is 50.6 Å². The van der Waals surface area contributed by atoms with Crippen molar-refractivity contribution < 1.29 is 0 Å². The quantitative estimate of drug-likeness (QED) is 0.696. The van der Waals surface area contributed by atoms with Crippen molar-refractivity contribution in [2.75, 3.05) is 40.8 Å². The largest absolute Gasteiger partial charge is 0.308 e. The van der Waals surface area contributed by atoms with Crippen LogP contribution < -0.4 is 0 Å². The number of aryl methyl sites for hydroxylation is 1. The number of rotatable bonds is 8. The molecule has 0 unspecified atom stereocenters. The molecule has 0 heterocycles. The van der Waals surface area contributed by atoms with Gasteiger partial charge in [0.1, 0.15) is 0 Å². The zero-order valence-electron chi connectivity index (χ0n) is 12.0. The van der Waals surface area contributed by atoms with E-state index in [1.54, 1.807) is 0 Å². The summed E-state index contributed by atoms with van der Waals surface area (Å²) in [6.45, 7) is 7.20. The first-order valence-electron chi connectivity index (χ1n) is 6.66. The third-order valence-corrected chi connectivity index (χ3v) is 3.15. The van der Waals surface area contributed by atoms with E-state index in [2.05, 4.69) is 61.8 Å². The minimum atomic E-state index is 1.13. The minimum absolute atomic E-state index is 1.13. The maximum absolute atomic E-state index is 3.77. The van der Waals surface area contributed by atoms with Gasteiger partial charge in [0.05, 0.1) is 0 Å². The lowest BCUT2D eigenvalue weighted by atomic mass is 10.1. The van der Waals surface area contributed by atoms with Gasteiger partial charge in [-0.25, -0.2) is 0 Å². The van der Waals surface area contributed by atoms with Gasteiger partial charge in [-0.1, -0.05) is 36.9 Å². The Morgan fingerprint density at radius 1 is 1.00 bits per heavy atom. The van der Waals surface area contributed by atoms with E-state index in [-0.39, 0.29) is 0 Å². The Labute approximate surface area is 112 Å². The molecule has 2 heteroatoms. The molecule has 1 aromatic carbocycles. The average Bonchev–Trinajstić information content (AvgIpc) is 2.37. The van der Waals surface area contributed by atoms with Gasteiger partial charge in [0, 0.05) is 13.1 Å². The second kappa shape index (κ2) is 8.06. The van der Waals surface area contributed by atoms with Crippen LogP contribution in [-0.2, 0) is 6.42 Å². The summed E-state index contributed by atoms with van der Waals surface area (Å²) in [5.74, 6) is 0. The zero-order valence-corrected chi connectivity index (χ0v) is 12.0. The normalized spacial score (nSPS) is 11.2. The summed E-state index contributed by atoms with van der Waals surface area (Å²) in [5, 5.41) is 0. The summed E-state index contributed by atoms with van der Waals surface area (Å²) in [5.41, 5.74) is 2.61. The van der Waals surface area contributed by atoms with Gasteiger partial charge in [-0.3, -0.25) is 0 Å². The Morgan fingerprint density at radius 3 is 2.22 bits per heavy atom. The van der Waals surface area contributed by atoms with Gasteiger partial charge < -0.3 is 9.80 Å². The van der Waals surface area contributed by atoms with Gasteiger partial charge >= 0.3 is 0 Å². The van der Waals surface area contributed by atoms with E-state index in [1.807, 2.05) is 6.08 Å². The monoisotopic (exact) mass is 246 g/mol. The molecule has 0 aliphatic carbocycles. The average molecular weight is 246 g/mol. The van der Waals surface area contributed by atoms with Crippen LogP contribution in [0.3, 0.4) is 0 Å². The molecule has 0 atom stereocenters. The second-order valence-electron chi connectivity index (χ2n) is 5.16. The zero-order chi connectivity index (χ0) is 13.4. The highest BCUT2D eigenvalue weighted by Gasteiger charge is 2.00. The number of benzene rings is 1. The topological polar surface area (TPSA) is 6.48 Å². The molecule has 0 aromatic heterocycles. The van der Waals surface area contributed by atoms with Crippen molar-refractivity contribution in [3.05, 3.63) is 42.0 Å². The van der Waals surface area contributed by atoms with Gasteiger partial charge in [0.2, 0.25) is 0 Å². The van der Waals surface area contributed by atoms with E-state index < -0.39 is 0 Å². The standard InChI is InChI=1S/C16H26N2/c1-5-15-8-10-16(11-9-15)7-6-12-18(4)14-13-17(2)3/h5,8-11H,1,6-7,12-14H2,2-4H3. The molecular formula is C16H26N2. The summed E-state index contributed by atoms with van der Waals surface area (Å²) in [4.78, 5) is 4.63. The SMILES string of the molecule is C=Cc1ccc(CCCN(C)CCN(C)C)cc1. The highest BCUT2D eigenvalue weighted by Crippen LogP contribution is 2.07. The predicted molar refractivity (Wildman–Crippen MR) is 80.9 cm³/mol. The Morgan fingerprint density at radius 2 is 1.67 bits per heavy atom. The molecule has 0 aliphatic heterocycles. The van der Waals surface area contributed by atoms with Crippen molar-refractivity contribution in [1.82, 2.24) is 9.80 Å². The Kier molecular flexibility index (Phi) is 6.69. The van der Waals surface area contributed by atoms with E-state index in [0.717, 1.165) is 26.1 Å². The van der Waals surface area contributed by atoms with Crippen LogP contribution in [0, 0.1) is 0 Å². The molecule has 0 aliphatic rings. The van der Waals surface area contributed by atoms with Crippen LogP contribution in [0.2, 0.25) is 0 Å². The van der Waals surface area contributed by atoms with Crippen LogP contribution in [0.5, 0.6) is 0 Å². The lowest BCUT2D eigenvalue weighted by Gasteiger charge is -2.19. The van der Waals surface area contributed by atoms with E-state index in [1.165, 1.54) is 17.5 Å². The predicted octanol–water partition coefficient (Wildman–Crippen LogP) is 2.76. The summed E-state index contributed by atoms with van der Waals surface area (Å²) < 4.78 is 0. The first-order chi connectivity index (χ1) is 8.61. The maximum atomic E-state index is 3.77. The van der Waals surface area contributed by atoms with Crippen LogP contribution in [0.25, 0.3) is 6.08 Å². The molecule has 0 radical (unpaired) electrons. The highest BCUT2D eigenvalue weighted by molar-refractivity contribution is 5.47. The molecule has 0 bridgehead atoms. The van der Waals surface area contributed by atoms with Gasteiger partial charge in [0.15, 0.2) is 0 Å². The van der Waals surface area contributed by atoms with Gasteiger partial charge in [-0.2, -0.15) is 0 Å². The highest BCUT2D eigenvalue weighted by atomic mass is 15.1. The molecule has 0 N–H and O–H groups in total. The number of likely N-dealkylation sites (N-methyl/N-ethyl adjacent to an activating group) is 2. The lowest BCUT2D eigenvalue weighted by molar-refractivity contribution is 0.280. The fraction of sp³-hybridized carbons (Fsp3) is 0.500. The van der Waals surface area contributed by atoms with Crippen molar-refractivity contribution in [2.45, 2.75) is 12.8 Å². The molecule has 0 fully saturated rings. The van der Waals surface area contributed by atoms with Crippen molar-refractivity contribution in [2.24, 2.45) is 0 Å². The molecule has 1 aromatic rings. The minimum Gasteiger partial charge on any atom is -0.308 e. The molecule has 2 nitrogen and oxygen atoms in total. The van der Waals surface area contributed by atoms with Crippen LogP contribution >= 0.6 is 0 Å². The van der Waals surface area contributed by atoms with Crippen molar-refractivity contribution in [3.8, 4) is 0 Å². The van der Waals surface area contributed by atoms with Crippen molar-refractivity contribution >= 4 is 6.08 Å². The third-order valence-electron chi connectivity index (χ3n) is 3.15. The van der Waals surface area contributed by atoms with Gasteiger partial charge in [-0.15, -0.1) is 0 Å². The molecule has 0 spiro atoms. The first kappa shape index (κ1) is 14.9. The second-order valence-corrected chi connectivity index (χ2v) is 5.16. The summed E-state index contributed by atoms with van der Waals surface area (Å²) in [6.07, 6.45) is 4.26. The van der Waals surface area contributed by atoms with E-state index in [0.29, 0.717) is 0 Å². The summed E-state index contributed by atoms with van der Waals surface area (Å²) >= 11 is 0. The Hall–Kier alpha value is -1.12. The van der Waals surface area contributed by atoms with Gasteiger partial charge in [-0.05, 0) is 51.7 Å². The lowest BCUT2D eigenvalue weighted by Crippen LogP contribution is -2.29. The Balaban J connectivity index is 2.22. The third kappa shape index (κ3) is 5.99. The fourth-order valence-electron chi connectivity index (χ4n) is 1.86. The maximum Gasteiger partial charge on any atom is 0.0106 e. The number of hydrogen-bond donors (Lipinski definition) is 0. The van der Waals surface area contributed by atoms with Gasteiger partial charge in [0.25, 0.3) is 0 Å². The van der Waals surface area contributed by atoms with E-state index in [9.17, 15) is 0 Å². The fourth-order valence-corrected chi connectivity index (χ4v) is 1.86. The van der Waals surface area contributed by atoms with Crippen LogP contribution in [0.4, 0.5) is 0 Å². The smallest absolute Gasteiger partial charge is 0.0106 e. The van der Waals surface area contributed by atoms with E-state index in [4.69, 9.17) is 0 Å². The van der Waals surface area contributed by atoms with Crippen molar-refractivity contribution in [1.29, 1.82) is 0 Å². The first-order valence-corrected chi connectivity index (χ1v) is 6.66.